The molecular weight excluding hydrogens is 371 g/mol. The van der Waals surface area contributed by atoms with Gasteiger partial charge in [-0.05, 0) is 35.2 Å². The Morgan fingerprint density at radius 1 is 0.621 bits per heavy atom. The highest BCUT2D eigenvalue weighted by Gasteiger charge is 2.35. The van der Waals surface area contributed by atoms with Crippen LogP contribution in [0.5, 0.6) is 0 Å². The van der Waals surface area contributed by atoms with Gasteiger partial charge in [0.05, 0.1) is 0 Å². The fourth-order valence-electron chi connectivity index (χ4n) is 4.36. The smallest absolute Gasteiger partial charge is 0.192 e. The summed E-state index contributed by atoms with van der Waals surface area (Å²) < 4.78 is 11.3. The zero-order valence-corrected chi connectivity index (χ0v) is 18.3. The monoisotopic (exact) mass is 402 g/mol. The molecule has 0 heterocycles. The number of unbranched alkanes of at least 4 members (excludes halogenated alkanes) is 5. The molecule has 0 aliphatic carbocycles. The molecule has 0 unspecified atom stereocenters. The predicted octanol–water partition coefficient (Wildman–Crippen LogP) is 7.69. The second-order valence-electron chi connectivity index (χ2n) is 7.79. The second-order valence-corrected chi connectivity index (χ2v) is 8.49. The van der Waals surface area contributed by atoms with E-state index in [0.29, 0.717) is 0 Å². The summed E-state index contributed by atoms with van der Waals surface area (Å²) in [5, 5.41) is 0.823. The maximum Gasteiger partial charge on any atom is 0.192 e. The molecule has 3 rings (SSSR count). The third-order valence-corrected chi connectivity index (χ3v) is 6.41. The van der Waals surface area contributed by atoms with Crippen LogP contribution >= 0.6 is 8.46 Å². The van der Waals surface area contributed by atoms with E-state index in [1.807, 2.05) is 12.1 Å². The summed E-state index contributed by atoms with van der Waals surface area (Å²) in [6, 6.07) is 30.1. The Morgan fingerprint density at radius 2 is 1.10 bits per heavy atom. The summed E-state index contributed by atoms with van der Waals surface area (Å²) in [7, 11) is 0.0761. The molecule has 0 amide bonds. The lowest BCUT2D eigenvalue weighted by Gasteiger charge is -2.36. The first-order valence-electron chi connectivity index (χ1n) is 10.9. The fraction of sp³-hybridized carbons (Fsp3) is 0.333. The molecule has 0 radical (unpaired) electrons. The maximum atomic E-state index is 11.3. The SMILES string of the molecule is CCCCCCCCC(c1ccccc1)(c1ccccc1)c1ccc(P=O)cc1. The number of benzene rings is 3. The van der Waals surface area contributed by atoms with E-state index in [1.54, 1.807) is 0 Å². The quantitative estimate of drug-likeness (QED) is 0.182. The summed E-state index contributed by atoms with van der Waals surface area (Å²) >= 11 is 0. The van der Waals surface area contributed by atoms with E-state index in [2.05, 4.69) is 79.7 Å². The summed E-state index contributed by atoms with van der Waals surface area (Å²) in [4.78, 5) is 0. The van der Waals surface area contributed by atoms with E-state index in [4.69, 9.17) is 0 Å². The Labute approximate surface area is 177 Å². The van der Waals surface area contributed by atoms with Gasteiger partial charge in [-0.1, -0.05) is 118 Å². The Morgan fingerprint density at radius 3 is 1.62 bits per heavy atom. The Balaban J connectivity index is 2.02. The van der Waals surface area contributed by atoms with Crippen LogP contribution in [-0.2, 0) is 9.98 Å². The van der Waals surface area contributed by atoms with Gasteiger partial charge in [0.15, 0.2) is 8.46 Å². The number of hydrogen-bond acceptors (Lipinski definition) is 1. The van der Waals surface area contributed by atoms with Crippen LogP contribution in [0.25, 0.3) is 0 Å². The van der Waals surface area contributed by atoms with Gasteiger partial charge in [-0.2, -0.15) is 0 Å². The Hall–Kier alpha value is -2.24. The van der Waals surface area contributed by atoms with Crippen LogP contribution in [0.4, 0.5) is 0 Å². The first kappa shape index (κ1) is 21.5. The molecule has 0 N–H and O–H groups in total. The van der Waals surface area contributed by atoms with Gasteiger partial charge in [0.1, 0.15) is 0 Å². The van der Waals surface area contributed by atoms with Crippen molar-refractivity contribution < 1.29 is 4.57 Å². The van der Waals surface area contributed by atoms with E-state index < -0.39 is 0 Å². The third kappa shape index (κ3) is 5.22. The first-order chi connectivity index (χ1) is 14.3. The largest absolute Gasteiger partial charge is 0.269 e. The highest BCUT2D eigenvalue weighted by molar-refractivity contribution is 7.34. The van der Waals surface area contributed by atoms with Crippen molar-refractivity contribution in [2.45, 2.75) is 57.3 Å². The molecule has 0 aliphatic heterocycles. The third-order valence-electron chi connectivity index (χ3n) is 5.90. The normalized spacial score (nSPS) is 11.6. The minimum Gasteiger partial charge on any atom is -0.269 e. The van der Waals surface area contributed by atoms with Crippen LogP contribution in [-0.4, -0.2) is 0 Å². The van der Waals surface area contributed by atoms with E-state index in [9.17, 15) is 4.57 Å². The molecule has 0 spiro atoms. The average molecular weight is 403 g/mol. The highest BCUT2D eigenvalue weighted by Crippen LogP contribution is 2.43. The topological polar surface area (TPSA) is 17.1 Å². The fourth-order valence-corrected chi connectivity index (χ4v) is 4.63. The Kier molecular flexibility index (Phi) is 8.20. The molecule has 1 nitrogen and oxygen atoms in total. The Bertz CT molecular complexity index is 817. The lowest BCUT2D eigenvalue weighted by atomic mass is 9.66. The number of hydrogen-bond donors (Lipinski definition) is 0. The lowest BCUT2D eigenvalue weighted by Crippen LogP contribution is -2.29. The molecule has 0 bridgehead atoms. The van der Waals surface area contributed by atoms with Gasteiger partial charge >= 0.3 is 0 Å². The van der Waals surface area contributed by atoms with Gasteiger partial charge in [0, 0.05) is 10.7 Å². The maximum absolute atomic E-state index is 11.3. The van der Waals surface area contributed by atoms with Crippen molar-refractivity contribution in [3.05, 3.63) is 102 Å². The van der Waals surface area contributed by atoms with Gasteiger partial charge in [0.25, 0.3) is 0 Å². The van der Waals surface area contributed by atoms with Crippen LogP contribution in [0, 0.1) is 0 Å². The van der Waals surface area contributed by atoms with Crippen molar-refractivity contribution in [1.29, 1.82) is 0 Å². The van der Waals surface area contributed by atoms with Gasteiger partial charge in [-0.25, -0.2) is 0 Å². The minimum absolute atomic E-state index is 0.0761. The van der Waals surface area contributed by atoms with E-state index >= 15 is 0 Å². The van der Waals surface area contributed by atoms with Gasteiger partial charge in [-0.15, -0.1) is 0 Å². The molecule has 29 heavy (non-hydrogen) atoms. The van der Waals surface area contributed by atoms with Crippen LogP contribution < -0.4 is 5.30 Å². The molecule has 3 aromatic carbocycles. The zero-order valence-electron chi connectivity index (χ0n) is 17.4. The molecular formula is C27H31OP. The molecule has 0 aliphatic rings. The van der Waals surface area contributed by atoms with Gasteiger partial charge < -0.3 is 0 Å². The second kappa shape index (κ2) is 11.1. The molecule has 0 saturated carbocycles. The number of rotatable bonds is 11. The average Bonchev–Trinajstić information content (AvgIpc) is 2.80. The lowest BCUT2D eigenvalue weighted by molar-refractivity contribution is 0.499. The van der Waals surface area contributed by atoms with Crippen molar-refractivity contribution >= 4 is 13.8 Å². The van der Waals surface area contributed by atoms with Crippen LogP contribution in [0.2, 0.25) is 0 Å². The molecule has 3 aromatic rings. The van der Waals surface area contributed by atoms with Crippen molar-refractivity contribution in [3.8, 4) is 0 Å². The van der Waals surface area contributed by atoms with Crippen LogP contribution in [0.15, 0.2) is 84.9 Å². The predicted molar refractivity (Wildman–Crippen MR) is 124 cm³/mol. The summed E-state index contributed by atoms with van der Waals surface area (Å²) in [5.41, 5.74) is 3.74. The molecule has 0 atom stereocenters. The summed E-state index contributed by atoms with van der Waals surface area (Å²) in [6.45, 7) is 2.26. The van der Waals surface area contributed by atoms with E-state index in [0.717, 1.165) is 11.7 Å². The molecule has 0 aromatic heterocycles. The molecule has 150 valence electrons. The molecule has 2 heteroatoms. The standard InChI is InChI=1S/C27H31OP/c1-2-3-4-5-6-13-22-27(23-14-9-7-10-15-23,24-16-11-8-12-17-24)25-18-20-26(29-28)21-19-25/h7-12,14-21H,2-6,13,22H2,1H3. The van der Waals surface area contributed by atoms with Crippen molar-refractivity contribution in [2.75, 3.05) is 0 Å². The van der Waals surface area contributed by atoms with Crippen molar-refractivity contribution in [1.82, 2.24) is 0 Å². The first-order valence-corrected chi connectivity index (χ1v) is 11.7. The van der Waals surface area contributed by atoms with Gasteiger partial charge in [0.2, 0.25) is 0 Å². The highest BCUT2D eigenvalue weighted by atomic mass is 31.1. The minimum atomic E-state index is -0.189. The van der Waals surface area contributed by atoms with E-state index in [-0.39, 0.29) is 13.9 Å². The molecule has 0 fully saturated rings. The summed E-state index contributed by atoms with van der Waals surface area (Å²) in [5.74, 6) is 0. The van der Waals surface area contributed by atoms with Crippen molar-refractivity contribution in [3.63, 3.8) is 0 Å². The summed E-state index contributed by atoms with van der Waals surface area (Å²) in [6.07, 6.45) is 8.77. The van der Waals surface area contributed by atoms with Crippen LogP contribution in [0.3, 0.4) is 0 Å². The zero-order chi connectivity index (χ0) is 20.4. The molecule has 0 saturated heterocycles. The van der Waals surface area contributed by atoms with Crippen LogP contribution in [0.1, 0.15) is 68.6 Å². The van der Waals surface area contributed by atoms with E-state index in [1.165, 1.54) is 55.2 Å². The van der Waals surface area contributed by atoms with Crippen molar-refractivity contribution in [2.24, 2.45) is 0 Å². The van der Waals surface area contributed by atoms with Gasteiger partial charge in [-0.3, -0.25) is 4.57 Å².